The molecule has 2 atom stereocenters. The van der Waals surface area contributed by atoms with Crippen LogP contribution in [-0.2, 0) is 4.79 Å². The van der Waals surface area contributed by atoms with Gasteiger partial charge in [-0.2, -0.15) is 0 Å². The number of carbonyl (C=O) groups is 2. The second-order valence-corrected chi connectivity index (χ2v) is 11.0. The molecule has 1 unspecified atom stereocenters. The summed E-state index contributed by atoms with van der Waals surface area (Å²) in [6.07, 6.45) is 7.69. The molecule has 3 aromatic rings. The molecule has 3 amide bonds. The van der Waals surface area contributed by atoms with Gasteiger partial charge in [0.2, 0.25) is 0 Å². The zero-order chi connectivity index (χ0) is 26.6. The lowest BCUT2D eigenvalue weighted by molar-refractivity contribution is -0.129. The van der Waals surface area contributed by atoms with Gasteiger partial charge in [-0.3, -0.25) is 9.69 Å². The second kappa shape index (κ2) is 11.8. The van der Waals surface area contributed by atoms with Gasteiger partial charge in [-0.05, 0) is 70.8 Å². The van der Waals surface area contributed by atoms with Gasteiger partial charge in [0, 0.05) is 9.13 Å². The Hall–Kier alpha value is -2.99. The summed E-state index contributed by atoms with van der Waals surface area (Å²) in [4.78, 5) is 35.9. The number of aromatic amines is 1. The lowest BCUT2D eigenvalue weighted by Crippen LogP contribution is -2.37. The van der Waals surface area contributed by atoms with Gasteiger partial charge in [-0.25, -0.2) is 14.2 Å². The summed E-state index contributed by atoms with van der Waals surface area (Å²) in [6, 6.07) is 9.97. The predicted molar refractivity (Wildman–Crippen MR) is 148 cm³/mol. The maximum atomic E-state index is 14.7. The number of nitrogens with one attached hydrogen (secondary N) is 2. The quantitative estimate of drug-likeness (QED) is 0.214. The van der Waals surface area contributed by atoms with Crippen LogP contribution in [0.15, 0.2) is 48.7 Å². The van der Waals surface area contributed by atoms with Crippen molar-refractivity contribution in [2.75, 3.05) is 13.2 Å². The summed E-state index contributed by atoms with van der Waals surface area (Å²) in [5, 5.41) is 11.8. The molecule has 5 rings (SSSR count). The molecule has 2 aromatic carbocycles. The normalized spacial score (nSPS) is 19.0. The molecule has 10 heteroatoms. The number of benzene rings is 2. The first-order chi connectivity index (χ1) is 18.4. The molecular formula is C28H30FIN4O4. The van der Waals surface area contributed by atoms with E-state index in [-0.39, 0.29) is 24.9 Å². The number of aliphatic hydroxyl groups is 1. The lowest BCUT2D eigenvalue weighted by atomic mass is 9.84. The fourth-order valence-electron chi connectivity index (χ4n) is 5.36. The SMILES string of the molecule is O=C1NC(c2ccc(OCCO)cc2)C(=O)N1[C@H](CC1CCCCC1)c1ncc(-c2ccc(I)cc2F)[nH]1. The van der Waals surface area contributed by atoms with E-state index in [1.807, 2.05) is 6.07 Å². The molecule has 1 aromatic heterocycles. The van der Waals surface area contributed by atoms with Crippen LogP contribution in [0.25, 0.3) is 11.3 Å². The third kappa shape index (κ3) is 5.70. The minimum absolute atomic E-state index is 0.0963. The Bertz CT molecular complexity index is 1290. The van der Waals surface area contributed by atoms with Gasteiger partial charge < -0.3 is 20.1 Å². The molecule has 0 radical (unpaired) electrons. The molecule has 1 saturated heterocycles. The summed E-state index contributed by atoms with van der Waals surface area (Å²) in [5.74, 6) is 0.688. The highest BCUT2D eigenvalue weighted by Gasteiger charge is 2.45. The van der Waals surface area contributed by atoms with E-state index in [0.29, 0.717) is 40.7 Å². The zero-order valence-electron chi connectivity index (χ0n) is 20.8. The molecule has 1 saturated carbocycles. The summed E-state index contributed by atoms with van der Waals surface area (Å²) in [6.45, 7) is 0.0767. The maximum Gasteiger partial charge on any atom is 0.325 e. The fourth-order valence-corrected chi connectivity index (χ4v) is 5.82. The van der Waals surface area contributed by atoms with Crippen LogP contribution in [0.2, 0.25) is 0 Å². The number of amides is 3. The Labute approximate surface area is 234 Å². The van der Waals surface area contributed by atoms with Crippen molar-refractivity contribution in [3.05, 3.63) is 69.4 Å². The number of imide groups is 1. The summed E-state index contributed by atoms with van der Waals surface area (Å²) in [7, 11) is 0. The molecule has 2 aliphatic rings. The summed E-state index contributed by atoms with van der Waals surface area (Å²) in [5.41, 5.74) is 1.53. The van der Waals surface area contributed by atoms with Crippen molar-refractivity contribution in [3.8, 4) is 17.0 Å². The van der Waals surface area contributed by atoms with Gasteiger partial charge in [0.25, 0.3) is 5.91 Å². The molecule has 3 N–H and O–H groups in total. The van der Waals surface area contributed by atoms with Crippen molar-refractivity contribution in [1.82, 2.24) is 20.2 Å². The highest BCUT2D eigenvalue weighted by molar-refractivity contribution is 14.1. The van der Waals surface area contributed by atoms with Crippen molar-refractivity contribution in [2.24, 2.45) is 5.92 Å². The highest BCUT2D eigenvalue weighted by atomic mass is 127. The van der Waals surface area contributed by atoms with E-state index < -0.39 is 18.1 Å². The minimum atomic E-state index is -0.827. The third-order valence-electron chi connectivity index (χ3n) is 7.27. The predicted octanol–water partition coefficient (Wildman–Crippen LogP) is 5.50. The summed E-state index contributed by atoms with van der Waals surface area (Å²) >= 11 is 2.06. The Morgan fingerprint density at radius 3 is 2.61 bits per heavy atom. The zero-order valence-corrected chi connectivity index (χ0v) is 23.0. The number of hydrogen-bond acceptors (Lipinski definition) is 5. The Morgan fingerprint density at radius 1 is 1.13 bits per heavy atom. The van der Waals surface area contributed by atoms with Crippen molar-refractivity contribution in [3.63, 3.8) is 0 Å². The molecule has 0 spiro atoms. The first-order valence-electron chi connectivity index (χ1n) is 12.9. The van der Waals surface area contributed by atoms with Crippen LogP contribution < -0.4 is 10.1 Å². The first-order valence-corrected chi connectivity index (χ1v) is 14.0. The van der Waals surface area contributed by atoms with Crippen molar-refractivity contribution >= 4 is 34.5 Å². The van der Waals surface area contributed by atoms with Gasteiger partial charge in [0.1, 0.15) is 30.0 Å². The smallest absolute Gasteiger partial charge is 0.325 e. The van der Waals surface area contributed by atoms with E-state index in [9.17, 15) is 14.0 Å². The number of halogens is 2. The van der Waals surface area contributed by atoms with Gasteiger partial charge in [-0.1, -0.05) is 44.2 Å². The Kier molecular flexibility index (Phi) is 8.27. The summed E-state index contributed by atoms with van der Waals surface area (Å²) < 4.78 is 20.9. The molecule has 0 bridgehead atoms. The monoisotopic (exact) mass is 632 g/mol. The van der Waals surface area contributed by atoms with Crippen molar-refractivity contribution in [2.45, 2.75) is 50.6 Å². The van der Waals surface area contributed by atoms with E-state index in [4.69, 9.17) is 9.84 Å². The number of aliphatic hydroxyl groups excluding tert-OH is 1. The number of imidazole rings is 1. The molecule has 1 aliphatic carbocycles. The van der Waals surface area contributed by atoms with Gasteiger partial charge >= 0.3 is 6.03 Å². The van der Waals surface area contributed by atoms with Crippen LogP contribution in [0.1, 0.15) is 62.0 Å². The highest BCUT2D eigenvalue weighted by Crippen LogP contribution is 2.38. The molecule has 2 heterocycles. The topological polar surface area (TPSA) is 108 Å². The number of carbonyl (C=O) groups excluding carboxylic acids is 2. The van der Waals surface area contributed by atoms with Crippen molar-refractivity contribution in [1.29, 1.82) is 0 Å². The minimum Gasteiger partial charge on any atom is -0.491 e. The molecule has 38 heavy (non-hydrogen) atoms. The van der Waals surface area contributed by atoms with E-state index in [2.05, 4.69) is 37.9 Å². The second-order valence-electron chi connectivity index (χ2n) is 9.79. The van der Waals surface area contributed by atoms with E-state index in [1.165, 1.54) is 17.4 Å². The van der Waals surface area contributed by atoms with Gasteiger partial charge in [-0.15, -0.1) is 0 Å². The molecule has 8 nitrogen and oxygen atoms in total. The van der Waals surface area contributed by atoms with E-state index in [1.54, 1.807) is 36.5 Å². The molecule has 2 fully saturated rings. The number of rotatable bonds is 9. The average molecular weight is 632 g/mol. The lowest BCUT2D eigenvalue weighted by Gasteiger charge is -2.30. The number of H-pyrrole nitrogens is 1. The Balaban J connectivity index is 1.43. The number of ether oxygens (including phenoxy) is 1. The fraction of sp³-hybridized carbons (Fsp3) is 0.393. The number of nitrogens with zero attached hydrogens (tertiary/aromatic N) is 2. The van der Waals surface area contributed by atoms with Crippen LogP contribution in [0.4, 0.5) is 9.18 Å². The number of hydrogen-bond donors (Lipinski definition) is 3. The van der Waals surface area contributed by atoms with Crippen molar-refractivity contribution < 1.29 is 23.8 Å². The number of urea groups is 1. The van der Waals surface area contributed by atoms with Crippen LogP contribution in [-0.4, -0.2) is 45.1 Å². The first kappa shape index (κ1) is 26.6. The average Bonchev–Trinajstić information content (AvgIpc) is 3.51. The largest absolute Gasteiger partial charge is 0.491 e. The van der Waals surface area contributed by atoms with E-state index in [0.717, 1.165) is 29.3 Å². The third-order valence-corrected chi connectivity index (χ3v) is 7.94. The molecular weight excluding hydrogens is 602 g/mol. The maximum absolute atomic E-state index is 14.7. The standard InChI is InChI=1S/C28H30FIN4O4/c29-22-15-19(30)8-11-21(22)23-16-31-26(32-23)24(14-17-4-2-1-3-5-17)34-27(36)25(33-28(34)37)18-6-9-20(10-7-18)38-13-12-35/h6-11,15-17,24-25,35H,1-5,12-14H2,(H,31,32)(H,33,37)/t24-,25?/m1/s1. The van der Waals surface area contributed by atoms with E-state index >= 15 is 0 Å². The Morgan fingerprint density at radius 2 is 1.89 bits per heavy atom. The van der Waals surface area contributed by atoms with Crippen LogP contribution in [0, 0.1) is 15.3 Å². The van der Waals surface area contributed by atoms with Crippen LogP contribution in [0.3, 0.4) is 0 Å². The van der Waals surface area contributed by atoms with Gasteiger partial charge in [0.05, 0.1) is 24.5 Å². The molecule has 200 valence electrons. The van der Waals surface area contributed by atoms with Crippen LogP contribution in [0.5, 0.6) is 5.75 Å². The van der Waals surface area contributed by atoms with Gasteiger partial charge in [0.15, 0.2) is 0 Å². The molecule has 1 aliphatic heterocycles. The number of aromatic nitrogens is 2. The van der Waals surface area contributed by atoms with Crippen LogP contribution >= 0.6 is 22.6 Å².